The van der Waals surface area contributed by atoms with Crippen LogP contribution >= 0.6 is 11.6 Å². The molecule has 1 rings (SSSR count). The lowest BCUT2D eigenvalue weighted by molar-refractivity contribution is 0.107. The molecule has 0 aliphatic rings. The fraction of sp³-hybridized carbons (Fsp3) is 0.500. The van der Waals surface area contributed by atoms with Gasteiger partial charge in [-0.3, -0.25) is 4.79 Å². The Balaban J connectivity index is 2.14. The third-order valence-electron chi connectivity index (χ3n) is 3.26. The summed E-state index contributed by atoms with van der Waals surface area (Å²) in [5.41, 5.74) is 0.436. The summed E-state index contributed by atoms with van der Waals surface area (Å²) in [5.74, 6) is 0.570. The van der Waals surface area contributed by atoms with Crippen molar-refractivity contribution >= 4 is 16.8 Å². The SMILES string of the molecule is CCCCCCC=CCCCOc1ccccc1C(=O)Cl. The van der Waals surface area contributed by atoms with Crippen LogP contribution < -0.4 is 4.74 Å². The maximum atomic E-state index is 11.2. The molecule has 116 valence electrons. The van der Waals surface area contributed by atoms with Gasteiger partial charge < -0.3 is 4.74 Å². The van der Waals surface area contributed by atoms with Crippen molar-refractivity contribution in [1.82, 2.24) is 0 Å². The van der Waals surface area contributed by atoms with E-state index >= 15 is 0 Å². The first-order valence-corrected chi connectivity index (χ1v) is 8.20. The largest absolute Gasteiger partial charge is 0.493 e. The number of carbonyl (C=O) groups excluding carboxylic acids is 1. The highest BCUT2D eigenvalue weighted by Crippen LogP contribution is 2.20. The minimum atomic E-state index is -0.474. The van der Waals surface area contributed by atoms with Crippen molar-refractivity contribution < 1.29 is 9.53 Å². The van der Waals surface area contributed by atoms with Crippen LogP contribution in [0.2, 0.25) is 0 Å². The van der Waals surface area contributed by atoms with E-state index in [9.17, 15) is 4.79 Å². The molecule has 2 nitrogen and oxygen atoms in total. The van der Waals surface area contributed by atoms with E-state index in [0.717, 1.165) is 12.8 Å². The lowest BCUT2D eigenvalue weighted by Crippen LogP contribution is -2.01. The summed E-state index contributed by atoms with van der Waals surface area (Å²) in [7, 11) is 0. The van der Waals surface area contributed by atoms with Crippen LogP contribution in [0.15, 0.2) is 36.4 Å². The van der Waals surface area contributed by atoms with E-state index in [1.165, 1.54) is 32.1 Å². The Kier molecular flexibility index (Phi) is 9.64. The van der Waals surface area contributed by atoms with Crippen LogP contribution in [0, 0.1) is 0 Å². The highest BCUT2D eigenvalue weighted by molar-refractivity contribution is 6.68. The highest BCUT2D eigenvalue weighted by atomic mass is 35.5. The Morgan fingerprint density at radius 3 is 2.52 bits per heavy atom. The number of para-hydroxylation sites is 1. The van der Waals surface area contributed by atoms with Gasteiger partial charge in [0, 0.05) is 0 Å². The van der Waals surface area contributed by atoms with Gasteiger partial charge in [-0.15, -0.1) is 0 Å². The Morgan fingerprint density at radius 2 is 1.81 bits per heavy atom. The molecule has 3 heteroatoms. The van der Waals surface area contributed by atoms with Gasteiger partial charge in [-0.2, -0.15) is 0 Å². The molecule has 0 saturated carbocycles. The van der Waals surface area contributed by atoms with Crippen LogP contribution in [0.4, 0.5) is 0 Å². The molecule has 0 spiro atoms. The summed E-state index contributed by atoms with van der Waals surface area (Å²) >= 11 is 5.51. The average molecular weight is 309 g/mol. The first-order chi connectivity index (χ1) is 10.3. The topological polar surface area (TPSA) is 26.3 Å². The zero-order valence-corrected chi connectivity index (χ0v) is 13.6. The minimum absolute atomic E-state index is 0.436. The van der Waals surface area contributed by atoms with E-state index < -0.39 is 5.24 Å². The summed E-state index contributed by atoms with van der Waals surface area (Å²) in [4.78, 5) is 11.2. The molecule has 0 amide bonds. The number of halogens is 1. The molecule has 0 aliphatic heterocycles. The zero-order chi connectivity index (χ0) is 15.3. The number of hydrogen-bond donors (Lipinski definition) is 0. The molecular formula is C18H25ClO2. The number of unbranched alkanes of at least 4 members (excludes halogenated alkanes) is 5. The van der Waals surface area contributed by atoms with Gasteiger partial charge in [0.2, 0.25) is 0 Å². The summed E-state index contributed by atoms with van der Waals surface area (Å²) in [6.45, 7) is 2.83. The highest BCUT2D eigenvalue weighted by Gasteiger charge is 2.08. The number of allylic oxidation sites excluding steroid dienone is 2. The first-order valence-electron chi connectivity index (χ1n) is 7.82. The fourth-order valence-electron chi connectivity index (χ4n) is 2.06. The van der Waals surface area contributed by atoms with Gasteiger partial charge in [0.1, 0.15) is 5.75 Å². The van der Waals surface area contributed by atoms with Crippen LogP contribution in [0.1, 0.15) is 62.2 Å². The normalized spacial score (nSPS) is 11.0. The zero-order valence-electron chi connectivity index (χ0n) is 12.8. The van der Waals surface area contributed by atoms with Gasteiger partial charge in [-0.05, 0) is 49.4 Å². The van der Waals surface area contributed by atoms with Gasteiger partial charge in [0.05, 0.1) is 12.2 Å². The first kappa shape index (κ1) is 17.8. The average Bonchev–Trinajstić information content (AvgIpc) is 2.49. The Bertz CT molecular complexity index is 441. The molecule has 0 atom stereocenters. The number of hydrogen-bond acceptors (Lipinski definition) is 2. The fourth-order valence-corrected chi connectivity index (χ4v) is 2.22. The predicted octanol–water partition coefficient (Wildman–Crippen LogP) is 5.75. The second kappa shape index (κ2) is 11.4. The van der Waals surface area contributed by atoms with Gasteiger partial charge in [-0.1, -0.05) is 50.5 Å². The number of ether oxygens (including phenoxy) is 1. The van der Waals surface area contributed by atoms with E-state index in [1.54, 1.807) is 18.2 Å². The van der Waals surface area contributed by atoms with Crippen molar-refractivity contribution in [3.05, 3.63) is 42.0 Å². The molecule has 1 aromatic carbocycles. The standard InChI is InChI=1S/C18H25ClO2/c1-2-3-4-5-6-7-8-9-12-15-21-17-14-11-10-13-16(17)18(19)20/h7-8,10-11,13-14H,2-6,9,12,15H2,1H3. The van der Waals surface area contributed by atoms with E-state index in [0.29, 0.717) is 17.9 Å². The number of benzene rings is 1. The molecular weight excluding hydrogens is 284 g/mol. The minimum Gasteiger partial charge on any atom is -0.493 e. The van der Waals surface area contributed by atoms with Gasteiger partial charge in [0.15, 0.2) is 0 Å². The maximum Gasteiger partial charge on any atom is 0.256 e. The lowest BCUT2D eigenvalue weighted by atomic mass is 10.1. The van der Waals surface area contributed by atoms with Crippen LogP contribution in [0.25, 0.3) is 0 Å². The van der Waals surface area contributed by atoms with E-state index in [2.05, 4.69) is 19.1 Å². The molecule has 0 N–H and O–H groups in total. The van der Waals surface area contributed by atoms with E-state index in [1.807, 2.05) is 6.07 Å². The molecule has 0 saturated heterocycles. The monoisotopic (exact) mass is 308 g/mol. The number of carbonyl (C=O) groups is 1. The third-order valence-corrected chi connectivity index (χ3v) is 3.47. The molecule has 0 bridgehead atoms. The van der Waals surface area contributed by atoms with Crippen molar-refractivity contribution in [2.45, 2.75) is 51.9 Å². The Morgan fingerprint density at radius 1 is 1.10 bits per heavy atom. The molecule has 21 heavy (non-hydrogen) atoms. The molecule has 1 aromatic rings. The summed E-state index contributed by atoms with van der Waals surface area (Å²) in [6.07, 6.45) is 12.8. The Hall–Kier alpha value is -1.28. The predicted molar refractivity (Wildman–Crippen MR) is 89.3 cm³/mol. The van der Waals surface area contributed by atoms with Crippen molar-refractivity contribution in [3.8, 4) is 5.75 Å². The van der Waals surface area contributed by atoms with E-state index in [4.69, 9.17) is 16.3 Å². The van der Waals surface area contributed by atoms with E-state index in [-0.39, 0.29) is 0 Å². The van der Waals surface area contributed by atoms with Crippen molar-refractivity contribution in [2.75, 3.05) is 6.61 Å². The third kappa shape index (κ3) is 7.91. The second-order valence-electron chi connectivity index (χ2n) is 5.08. The summed E-state index contributed by atoms with van der Waals surface area (Å²) in [6, 6.07) is 7.08. The summed E-state index contributed by atoms with van der Waals surface area (Å²) in [5, 5.41) is -0.474. The summed E-state index contributed by atoms with van der Waals surface area (Å²) < 4.78 is 5.62. The van der Waals surface area contributed by atoms with Gasteiger partial charge in [-0.25, -0.2) is 0 Å². The smallest absolute Gasteiger partial charge is 0.256 e. The van der Waals surface area contributed by atoms with Crippen LogP contribution in [0.5, 0.6) is 5.75 Å². The quantitative estimate of drug-likeness (QED) is 0.295. The molecule has 0 aromatic heterocycles. The van der Waals surface area contributed by atoms with Crippen LogP contribution in [-0.2, 0) is 0 Å². The molecule has 0 radical (unpaired) electrons. The van der Waals surface area contributed by atoms with Gasteiger partial charge >= 0.3 is 0 Å². The molecule has 0 fully saturated rings. The Labute approximate surface area is 133 Å². The van der Waals surface area contributed by atoms with Gasteiger partial charge in [0.25, 0.3) is 5.24 Å². The van der Waals surface area contributed by atoms with Crippen LogP contribution in [-0.4, -0.2) is 11.8 Å². The molecule has 0 aliphatic carbocycles. The molecule has 0 heterocycles. The lowest BCUT2D eigenvalue weighted by Gasteiger charge is -2.07. The second-order valence-corrected chi connectivity index (χ2v) is 5.42. The molecule has 0 unspecified atom stereocenters. The van der Waals surface area contributed by atoms with Crippen molar-refractivity contribution in [2.24, 2.45) is 0 Å². The maximum absolute atomic E-state index is 11.2. The van der Waals surface area contributed by atoms with Crippen molar-refractivity contribution in [1.29, 1.82) is 0 Å². The van der Waals surface area contributed by atoms with Crippen LogP contribution in [0.3, 0.4) is 0 Å². The van der Waals surface area contributed by atoms with Crippen molar-refractivity contribution in [3.63, 3.8) is 0 Å². The number of rotatable bonds is 11.